The molecule has 0 aliphatic heterocycles. The van der Waals surface area contributed by atoms with Crippen LogP contribution in [0.1, 0.15) is 15.9 Å². The fraction of sp³-hybridized carbons (Fsp3) is 0.200. The summed E-state index contributed by atoms with van der Waals surface area (Å²) in [5.74, 6) is -0.346. The molecule has 0 unspecified atom stereocenters. The van der Waals surface area contributed by atoms with Crippen LogP contribution in [0.25, 0.3) is 0 Å². The summed E-state index contributed by atoms with van der Waals surface area (Å²) < 4.78 is 4.80. The minimum atomic E-state index is -0.346. The summed E-state index contributed by atoms with van der Waals surface area (Å²) in [6, 6.07) is 11.0. The highest BCUT2D eigenvalue weighted by Gasteiger charge is 2.14. The van der Waals surface area contributed by atoms with Crippen LogP contribution in [-0.2, 0) is 11.3 Å². The van der Waals surface area contributed by atoms with E-state index < -0.39 is 0 Å². The minimum Gasteiger partial charge on any atom is -0.465 e. The molecular formula is C15H15ClN2O2. The molecule has 20 heavy (non-hydrogen) atoms. The number of aromatic nitrogens is 1. The zero-order chi connectivity index (χ0) is 14.5. The van der Waals surface area contributed by atoms with Gasteiger partial charge >= 0.3 is 5.97 Å². The van der Waals surface area contributed by atoms with Crippen molar-refractivity contribution in [3.8, 4) is 0 Å². The fourth-order valence-electron chi connectivity index (χ4n) is 1.95. The van der Waals surface area contributed by atoms with E-state index in [2.05, 4.69) is 4.98 Å². The normalized spacial score (nSPS) is 10.2. The van der Waals surface area contributed by atoms with Crippen molar-refractivity contribution < 1.29 is 9.53 Å². The Bertz CT molecular complexity index is 599. The molecule has 0 saturated carbocycles. The molecular weight excluding hydrogens is 276 g/mol. The van der Waals surface area contributed by atoms with Gasteiger partial charge in [-0.1, -0.05) is 29.8 Å². The van der Waals surface area contributed by atoms with Gasteiger partial charge in [0.1, 0.15) is 5.15 Å². The summed E-state index contributed by atoms with van der Waals surface area (Å²) in [6.45, 7) is 0.623. The summed E-state index contributed by atoms with van der Waals surface area (Å²) in [4.78, 5) is 17.8. The third-order valence-electron chi connectivity index (χ3n) is 2.93. The number of methoxy groups -OCH3 is 1. The molecule has 0 saturated heterocycles. The Morgan fingerprint density at radius 1 is 1.30 bits per heavy atom. The van der Waals surface area contributed by atoms with E-state index in [0.717, 1.165) is 11.3 Å². The van der Waals surface area contributed by atoms with E-state index in [4.69, 9.17) is 16.3 Å². The number of ether oxygens (including phenoxy) is 1. The summed E-state index contributed by atoms with van der Waals surface area (Å²) >= 11 is 5.76. The molecule has 0 radical (unpaired) electrons. The van der Waals surface area contributed by atoms with Crippen molar-refractivity contribution in [1.82, 2.24) is 4.98 Å². The van der Waals surface area contributed by atoms with Crippen LogP contribution in [0, 0.1) is 0 Å². The standard InChI is InChI=1S/C15H15ClN2O2/c1-18(10-11-7-8-14(16)17-9-11)13-6-4-3-5-12(13)15(19)20-2/h3-9H,10H2,1-2H3. The second-order valence-electron chi connectivity index (χ2n) is 4.35. The Kier molecular flexibility index (Phi) is 4.58. The zero-order valence-electron chi connectivity index (χ0n) is 11.3. The van der Waals surface area contributed by atoms with Crippen molar-refractivity contribution in [3.05, 3.63) is 58.9 Å². The van der Waals surface area contributed by atoms with Gasteiger partial charge in [-0.05, 0) is 23.8 Å². The van der Waals surface area contributed by atoms with Crippen LogP contribution in [0.3, 0.4) is 0 Å². The largest absolute Gasteiger partial charge is 0.465 e. The van der Waals surface area contributed by atoms with Gasteiger partial charge in [0, 0.05) is 19.8 Å². The fourth-order valence-corrected chi connectivity index (χ4v) is 2.06. The number of nitrogens with zero attached hydrogens (tertiary/aromatic N) is 2. The number of para-hydroxylation sites is 1. The lowest BCUT2D eigenvalue weighted by Crippen LogP contribution is -2.19. The molecule has 0 spiro atoms. The molecule has 0 aliphatic carbocycles. The van der Waals surface area contributed by atoms with E-state index in [1.807, 2.05) is 36.2 Å². The van der Waals surface area contributed by atoms with Crippen LogP contribution in [0.5, 0.6) is 0 Å². The number of halogens is 1. The smallest absolute Gasteiger partial charge is 0.339 e. The molecule has 0 aliphatic rings. The molecule has 0 N–H and O–H groups in total. The third-order valence-corrected chi connectivity index (χ3v) is 3.15. The predicted octanol–water partition coefficient (Wildman–Crippen LogP) is 3.16. The van der Waals surface area contributed by atoms with Crippen molar-refractivity contribution in [2.45, 2.75) is 6.54 Å². The zero-order valence-corrected chi connectivity index (χ0v) is 12.1. The molecule has 0 amide bonds. The number of hydrogen-bond donors (Lipinski definition) is 0. The first-order valence-corrected chi connectivity index (χ1v) is 6.48. The second kappa shape index (κ2) is 6.39. The van der Waals surface area contributed by atoms with Gasteiger partial charge in [0.05, 0.1) is 18.4 Å². The van der Waals surface area contributed by atoms with Gasteiger partial charge in [-0.3, -0.25) is 0 Å². The monoisotopic (exact) mass is 290 g/mol. The number of carbonyl (C=O) groups excluding carboxylic acids is 1. The molecule has 5 heteroatoms. The van der Waals surface area contributed by atoms with Gasteiger partial charge in [-0.15, -0.1) is 0 Å². The van der Waals surface area contributed by atoms with Crippen LogP contribution in [0.15, 0.2) is 42.6 Å². The van der Waals surface area contributed by atoms with Gasteiger partial charge in [-0.2, -0.15) is 0 Å². The molecule has 2 rings (SSSR count). The van der Waals surface area contributed by atoms with Gasteiger partial charge in [0.25, 0.3) is 0 Å². The number of pyridine rings is 1. The molecule has 0 atom stereocenters. The Hall–Kier alpha value is -2.07. The first kappa shape index (κ1) is 14.3. The van der Waals surface area contributed by atoms with Gasteiger partial charge < -0.3 is 9.64 Å². The lowest BCUT2D eigenvalue weighted by atomic mass is 10.1. The van der Waals surface area contributed by atoms with Crippen molar-refractivity contribution >= 4 is 23.3 Å². The Balaban J connectivity index is 2.23. The maximum atomic E-state index is 11.8. The molecule has 0 bridgehead atoms. The second-order valence-corrected chi connectivity index (χ2v) is 4.74. The number of rotatable bonds is 4. The van der Waals surface area contributed by atoms with E-state index in [-0.39, 0.29) is 5.97 Å². The number of benzene rings is 1. The van der Waals surface area contributed by atoms with Crippen LogP contribution in [0.4, 0.5) is 5.69 Å². The maximum Gasteiger partial charge on any atom is 0.339 e. The van der Waals surface area contributed by atoms with Crippen molar-refractivity contribution in [2.75, 3.05) is 19.1 Å². The third kappa shape index (κ3) is 3.27. The topological polar surface area (TPSA) is 42.4 Å². The first-order valence-electron chi connectivity index (χ1n) is 6.10. The van der Waals surface area contributed by atoms with Gasteiger partial charge in [0.15, 0.2) is 0 Å². The highest BCUT2D eigenvalue weighted by molar-refractivity contribution is 6.29. The maximum absolute atomic E-state index is 11.8. The van der Waals surface area contributed by atoms with Crippen LogP contribution in [-0.4, -0.2) is 25.1 Å². The van der Waals surface area contributed by atoms with Crippen molar-refractivity contribution in [3.63, 3.8) is 0 Å². The van der Waals surface area contributed by atoms with E-state index >= 15 is 0 Å². The SMILES string of the molecule is COC(=O)c1ccccc1N(C)Cc1ccc(Cl)nc1. The lowest BCUT2D eigenvalue weighted by molar-refractivity contribution is 0.0601. The van der Waals surface area contributed by atoms with Crippen molar-refractivity contribution in [2.24, 2.45) is 0 Å². The van der Waals surface area contributed by atoms with E-state index in [0.29, 0.717) is 17.3 Å². The summed E-state index contributed by atoms with van der Waals surface area (Å²) in [7, 11) is 3.29. The van der Waals surface area contributed by atoms with Gasteiger partial charge in [0.2, 0.25) is 0 Å². The number of anilines is 1. The van der Waals surface area contributed by atoms with E-state index in [1.165, 1.54) is 7.11 Å². The lowest BCUT2D eigenvalue weighted by Gasteiger charge is -2.21. The van der Waals surface area contributed by atoms with Crippen LogP contribution < -0.4 is 4.90 Å². The quantitative estimate of drug-likeness (QED) is 0.641. The van der Waals surface area contributed by atoms with E-state index in [1.54, 1.807) is 18.3 Å². The number of esters is 1. The number of hydrogen-bond acceptors (Lipinski definition) is 4. The molecule has 1 aromatic heterocycles. The molecule has 104 valence electrons. The molecule has 1 aromatic carbocycles. The Morgan fingerprint density at radius 2 is 2.05 bits per heavy atom. The van der Waals surface area contributed by atoms with Gasteiger partial charge in [-0.25, -0.2) is 9.78 Å². The first-order chi connectivity index (χ1) is 9.61. The van der Waals surface area contributed by atoms with Crippen molar-refractivity contribution in [1.29, 1.82) is 0 Å². The van der Waals surface area contributed by atoms with Crippen LogP contribution >= 0.6 is 11.6 Å². The predicted molar refractivity (Wildman–Crippen MR) is 79.1 cm³/mol. The van der Waals surface area contributed by atoms with E-state index in [9.17, 15) is 4.79 Å². The molecule has 1 heterocycles. The minimum absolute atomic E-state index is 0.346. The average molecular weight is 291 g/mol. The van der Waals surface area contributed by atoms with Crippen LogP contribution in [0.2, 0.25) is 5.15 Å². The molecule has 0 fully saturated rings. The summed E-state index contributed by atoms with van der Waals surface area (Å²) in [6.07, 6.45) is 1.72. The molecule has 2 aromatic rings. The average Bonchev–Trinajstić information content (AvgIpc) is 2.48. The Morgan fingerprint density at radius 3 is 2.70 bits per heavy atom. The summed E-state index contributed by atoms with van der Waals surface area (Å²) in [5, 5.41) is 0.464. The highest BCUT2D eigenvalue weighted by atomic mass is 35.5. The summed E-state index contributed by atoms with van der Waals surface area (Å²) in [5.41, 5.74) is 2.37. The molecule has 4 nitrogen and oxygen atoms in total. The number of carbonyl (C=O) groups is 1. The Labute approximate surface area is 123 Å². The highest BCUT2D eigenvalue weighted by Crippen LogP contribution is 2.21.